The Kier molecular flexibility index (Phi) is 5.00. The summed E-state index contributed by atoms with van der Waals surface area (Å²) in [5.41, 5.74) is 1.50. The Labute approximate surface area is 148 Å². The van der Waals surface area contributed by atoms with Crippen LogP contribution in [0.2, 0.25) is 0 Å². The predicted molar refractivity (Wildman–Crippen MR) is 95.3 cm³/mol. The van der Waals surface area contributed by atoms with Gasteiger partial charge < -0.3 is 15.0 Å². The lowest BCUT2D eigenvalue weighted by atomic mass is 9.65. The third-order valence-electron chi connectivity index (χ3n) is 6.34. The maximum atomic E-state index is 12.6. The average molecular weight is 347 g/mol. The molecule has 6 heteroatoms. The van der Waals surface area contributed by atoms with Crippen LogP contribution in [0.25, 0.3) is 0 Å². The van der Waals surface area contributed by atoms with E-state index in [4.69, 9.17) is 0 Å². The van der Waals surface area contributed by atoms with Gasteiger partial charge in [-0.25, -0.2) is 4.79 Å². The molecule has 1 saturated carbocycles. The molecule has 1 aliphatic heterocycles. The molecule has 1 saturated heterocycles. The molecule has 0 bridgehead atoms. The number of H-pyrrole nitrogens is 1. The molecular formula is C19H29N3O3. The Balaban J connectivity index is 1.59. The molecule has 3 rings (SSSR count). The normalized spacial score (nSPS) is 27.2. The Morgan fingerprint density at radius 3 is 2.68 bits per heavy atom. The zero-order valence-electron chi connectivity index (χ0n) is 15.5. The van der Waals surface area contributed by atoms with Crippen LogP contribution in [0.3, 0.4) is 0 Å². The number of nitrogens with one attached hydrogen (secondary N) is 1. The minimum atomic E-state index is -0.592. The number of aliphatic hydroxyl groups is 1. The first-order chi connectivity index (χ1) is 11.8. The summed E-state index contributed by atoms with van der Waals surface area (Å²) in [6.45, 7) is 6.99. The van der Waals surface area contributed by atoms with Crippen LogP contribution >= 0.6 is 0 Å². The second-order valence-corrected chi connectivity index (χ2v) is 7.84. The van der Waals surface area contributed by atoms with Gasteiger partial charge in [0.2, 0.25) is 5.91 Å². The molecule has 25 heavy (non-hydrogen) atoms. The smallest absolute Gasteiger partial charge is 0.345 e. The molecule has 138 valence electrons. The molecule has 2 heterocycles. The van der Waals surface area contributed by atoms with E-state index >= 15 is 0 Å². The highest BCUT2D eigenvalue weighted by Gasteiger charge is 2.47. The molecule has 0 radical (unpaired) electrons. The molecule has 1 aromatic heterocycles. The number of piperidine rings is 1. The lowest BCUT2D eigenvalue weighted by Gasteiger charge is -2.50. The fraction of sp³-hybridized carbons (Fsp3) is 0.737. The first kappa shape index (κ1) is 18.1. The van der Waals surface area contributed by atoms with E-state index in [1.807, 2.05) is 18.7 Å². The fourth-order valence-corrected chi connectivity index (χ4v) is 4.39. The zero-order chi connectivity index (χ0) is 18.2. The predicted octanol–water partition coefficient (Wildman–Crippen LogP) is 1.72. The van der Waals surface area contributed by atoms with E-state index in [0.29, 0.717) is 44.0 Å². The number of likely N-dealkylation sites (tertiary alicyclic amines) is 1. The largest absolute Gasteiger partial charge is 0.389 e. The number of carbonyl (C=O) groups excluding carboxylic acids is 1. The third-order valence-corrected chi connectivity index (χ3v) is 6.34. The van der Waals surface area contributed by atoms with Crippen LogP contribution in [-0.4, -0.2) is 44.6 Å². The highest BCUT2D eigenvalue weighted by atomic mass is 16.3. The zero-order valence-corrected chi connectivity index (χ0v) is 15.5. The highest BCUT2D eigenvalue weighted by Crippen LogP contribution is 2.44. The van der Waals surface area contributed by atoms with Crippen LogP contribution in [0.5, 0.6) is 0 Å². The average Bonchev–Trinajstić information content (AvgIpc) is 2.47. The number of hydrogen-bond donors (Lipinski definition) is 2. The molecule has 1 aromatic rings. The molecule has 0 spiro atoms. The number of aryl methyl sites for hydroxylation is 2. The van der Waals surface area contributed by atoms with Crippen LogP contribution in [0, 0.1) is 25.7 Å². The summed E-state index contributed by atoms with van der Waals surface area (Å²) in [6, 6.07) is 0. The second-order valence-electron chi connectivity index (χ2n) is 7.84. The summed E-state index contributed by atoms with van der Waals surface area (Å²) in [6.07, 6.45) is 5.12. The van der Waals surface area contributed by atoms with Gasteiger partial charge in [-0.05, 0) is 51.0 Å². The molecule has 2 N–H and O–H groups in total. The Hall–Kier alpha value is -1.69. The molecule has 0 aromatic carbocycles. The van der Waals surface area contributed by atoms with E-state index in [9.17, 15) is 14.7 Å². The van der Waals surface area contributed by atoms with Crippen molar-refractivity contribution in [2.45, 2.75) is 64.9 Å². The summed E-state index contributed by atoms with van der Waals surface area (Å²) in [4.78, 5) is 32.5. The van der Waals surface area contributed by atoms with E-state index in [2.05, 4.69) is 16.9 Å². The second kappa shape index (κ2) is 6.90. The summed E-state index contributed by atoms with van der Waals surface area (Å²) in [5, 5.41) is 11.0. The number of carbonyl (C=O) groups is 1. The van der Waals surface area contributed by atoms with Crippen molar-refractivity contribution >= 4 is 5.91 Å². The van der Waals surface area contributed by atoms with Crippen molar-refractivity contribution in [3.05, 3.63) is 27.4 Å². The van der Waals surface area contributed by atoms with Gasteiger partial charge in [-0.1, -0.05) is 13.3 Å². The van der Waals surface area contributed by atoms with Crippen LogP contribution in [0.15, 0.2) is 4.79 Å². The molecule has 6 nitrogen and oxygen atoms in total. The van der Waals surface area contributed by atoms with Gasteiger partial charge in [0.1, 0.15) is 0 Å². The van der Waals surface area contributed by atoms with Gasteiger partial charge in [0.05, 0.1) is 5.60 Å². The van der Waals surface area contributed by atoms with Crippen LogP contribution in [0.1, 0.15) is 56.0 Å². The molecule has 2 aliphatic rings. The molecule has 2 fully saturated rings. The molecule has 2 atom stereocenters. The number of nitrogens with zero attached hydrogens (tertiary/aromatic N) is 2. The van der Waals surface area contributed by atoms with E-state index in [1.165, 1.54) is 6.42 Å². The van der Waals surface area contributed by atoms with Crippen molar-refractivity contribution in [3.63, 3.8) is 0 Å². The highest BCUT2D eigenvalue weighted by molar-refractivity contribution is 5.76. The molecule has 1 amide bonds. The van der Waals surface area contributed by atoms with Gasteiger partial charge in [0.25, 0.3) is 0 Å². The van der Waals surface area contributed by atoms with Gasteiger partial charge in [-0.15, -0.1) is 0 Å². The van der Waals surface area contributed by atoms with Crippen LogP contribution in [0.4, 0.5) is 0 Å². The first-order valence-corrected chi connectivity index (χ1v) is 9.38. The Morgan fingerprint density at radius 2 is 2.12 bits per heavy atom. The Bertz CT molecular complexity index is 684. The summed E-state index contributed by atoms with van der Waals surface area (Å²) < 4.78 is 0. The van der Waals surface area contributed by atoms with Gasteiger partial charge in [0.15, 0.2) is 0 Å². The van der Waals surface area contributed by atoms with Crippen LogP contribution < -0.4 is 5.69 Å². The van der Waals surface area contributed by atoms with Crippen molar-refractivity contribution in [1.29, 1.82) is 0 Å². The Morgan fingerprint density at radius 1 is 1.40 bits per heavy atom. The van der Waals surface area contributed by atoms with Crippen molar-refractivity contribution in [2.24, 2.45) is 11.8 Å². The van der Waals surface area contributed by atoms with Crippen molar-refractivity contribution < 1.29 is 9.90 Å². The molecular weight excluding hydrogens is 318 g/mol. The number of rotatable bonds is 4. The minimum absolute atomic E-state index is 0.118. The number of amides is 1. The van der Waals surface area contributed by atoms with Gasteiger partial charge in [-0.3, -0.25) is 4.79 Å². The SMILES string of the molecule is Cc1nc(=O)[nH]c(C)c1CCC(=O)N1CC[C@@](O)(C2CCC2)[C@H](C)C1. The van der Waals surface area contributed by atoms with E-state index < -0.39 is 5.60 Å². The van der Waals surface area contributed by atoms with Gasteiger partial charge in [-0.2, -0.15) is 4.98 Å². The van der Waals surface area contributed by atoms with Gasteiger partial charge >= 0.3 is 5.69 Å². The van der Waals surface area contributed by atoms with Crippen LogP contribution in [-0.2, 0) is 11.2 Å². The quantitative estimate of drug-likeness (QED) is 0.868. The fourth-order valence-electron chi connectivity index (χ4n) is 4.39. The third kappa shape index (κ3) is 3.50. The lowest BCUT2D eigenvalue weighted by Crippen LogP contribution is -2.57. The van der Waals surface area contributed by atoms with Gasteiger partial charge in [0, 0.05) is 36.8 Å². The van der Waals surface area contributed by atoms with Crippen molar-refractivity contribution in [1.82, 2.24) is 14.9 Å². The minimum Gasteiger partial charge on any atom is -0.389 e. The maximum Gasteiger partial charge on any atom is 0.345 e. The number of aromatic amines is 1. The molecule has 0 unspecified atom stereocenters. The maximum absolute atomic E-state index is 12.6. The summed E-state index contributed by atoms with van der Waals surface area (Å²) in [5.74, 6) is 0.651. The summed E-state index contributed by atoms with van der Waals surface area (Å²) >= 11 is 0. The lowest BCUT2D eigenvalue weighted by molar-refractivity contribution is -0.150. The number of hydrogen-bond acceptors (Lipinski definition) is 4. The standard InChI is InChI=1S/C19H29N3O3/c1-12-11-22(10-9-19(12,25)15-5-4-6-15)17(23)8-7-16-13(2)20-18(24)21-14(16)3/h12,15,25H,4-11H2,1-3H3,(H,20,21,24)/t12-,19+/m1/s1. The topological polar surface area (TPSA) is 86.3 Å². The first-order valence-electron chi connectivity index (χ1n) is 9.38. The number of aromatic nitrogens is 2. The van der Waals surface area contributed by atoms with E-state index in [0.717, 1.165) is 24.1 Å². The summed E-state index contributed by atoms with van der Waals surface area (Å²) in [7, 11) is 0. The van der Waals surface area contributed by atoms with Crippen molar-refractivity contribution in [2.75, 3.05) is 13.1 Å². The monoisotopic (exact) mass is 347 g/mol. The van der Waals surface area contributed by atoms with E-state index in [1.54, 1.807) is 0 Å². The molecule has 1 aliphatic carbocycles. The van der Waals surface area contributed by atoms with E-state index in [-0.39, 0.29) is 17.5 Å². The van der Waals surface area contributed by atoms with Crippen molar-refractivity contribution in [3.8, 4) is 0 Å².